The Morgan fingerprint density at radius 3 is 1.44 bits per heavy atom. The van der Waals surface area contributed by atoms with Gasteiger partial charge in [-0.05, 0) is 13.8 Å². The molecule has 0 unspecified atom stereocenters. The molecule has 2 amide bonds. The molecule has 2 aromatic heterocycles. The van der Waals surface area contributed by atoms with E-state index in [0.29, 0.717) is 32.3 Å². The van der Waals surface area contributed by atoms with E-state index in [9.17, 15) is 14.4 Å². The zero-order chi connectivity index (χ0) is 25.5. The number of amides is 2. The number of carbonyl (C=O) groups is 3. The number of nitrogens with one attached hydrogen (secondary N) is 2. The van der Waals surface area contributed by atoms with Crippen LogP contribution in [0.2, 0.25) is 0 Å². The molecule has 4 rings (SSSR count). The minimum absolute atomic E-state index is 0.200. The molecule has 2 aromatic carbocycles. The van der Waals surface area contributed by atoms with E-state index < -0.39 is 12.2 Å². The van der Waals surface area contributed by atoms with Crippen LogP contribution in [0, 0.1) is 0 Å². The van der Waals surface area contributed by atoms with Gasteiger partial charge in [0.25, 0.3) is 0 Å². The summed E-state index contributed by atoms with van der Waals surface area (Å²) < 4.78 is 9.91. The van der Waals surface area contributed by atoms with Gasteiger partial charge in [-0.1, -0.05) is 83.3 Å². The van der Waals surface area contributed by atoms with Crippen LogP contribution in [0.15, 0.2) is 60.7 Å². The number of nitrogens with zero attached hydrogens (tertiary/aromatic N) is 2. The Kier molecular flexibility index (Phi) is 8.03. The van der Waals surface area contributed by atoms with E-state index >= 15 is 0 Å². The van der Waals surface area contributed by atoms with E-state index in [-0.39, 0.29) is 29.3 Å². The smallest absolute Gasteiger partial charge is 0.413 e. The average molecular weight is 523 g/mol. The summed E-state index contributed by atoms with van der Waals surface area (Å²) in [6, 6.07) is 18.4. The third kappa shape index (κ3) is 5.75. The average Bonchev–Trinajstić information content (AvgIpc) is 3.49. The van der Waals surface area contributed by atoms with E-state index in [2.05, 4.69) is 20.6 Å². The van der Waals surface area contributed by atoms with Crippen LogP contribution in [0.3, 0.4) is 0 Å². The number of hydrogen-bond donors (Lipinski definition) is 2. The van der Waals surface area contributed by atoms with Crippen LogP contribution in [0.5, 0.6) is 0 Å². The topological polar surface area (TPSA) is 120 Å². The van der Waals surface area contributed by atoms with Crippen molar-refractivity contribution in [2.24, 2.45) is 0 Å². The van der Waals surface area contributed by atoms with Gasteiger partial charge >= 0.3 is 12.2 Å². The van der Waals surface area contributed by atoms with Crippen LogP contribution in [-0.4, -0.2) is 41.2 Å². The van der Waals surface area contributed by atoms with Crippen LogP contribution in [0.25, 0.3) is 22.5 Å². The van der Waals surface area contributed by atoms with Crippen molar-refractivity contribution in [2.75, 3.05) is 23.8 Å². The molecule has 0 spiro atoms. The Bertz CT molecular complexity index is 1270. The number of benzene rings is 2. The van der Waals surface area contributed by atoms with Gasteiger partial charge in [0.05, 0.1) is 24.6 Å². The van der Waals surface area contributed by atoms with Gasteiger partial charge in [-0.25, -0.2) is 19.6 Å². The normalized spacial score (nSPS) is 10.5. The van der Waals surface area contributed by atoms with Gasteiger partial charge in [-0.2, -0.15) is 0 Å². The first kappa shape index (κ1) is 25.0. The largest absolute Gasteiger partial charge is 0.450 e. The maximum atomic E-state index is 13.9. The highest BCUT2D eigenvalue weighted by molar-refractivity contribution is 7.21. The molecule has 0 radical (unpaired) electrons. The summed E-state index contributed by atoms with van der Waals surface area (Å²) in [7, 11) is 0. The lowest BCUT2D eigenvalue weighted by Crippen LogP contribution is -2.12. The number of rotatable bonds is 8. The molecule has 0 saturated heterocycles. The van der Waals surface area contributed by atoms with Crippen molar-refractivity contribution in [1.29, 1.82) is 0 Å². The molecule has 4 aromatic rings. The molecule has 2 heterocycles. The van der Waals surface area contributed by atoms with Crippen molar-refractivity contribution in [3.63, 3.8) is 0 Å². The van der Waals surface area contributed by atoms with Gasteiger partial charge in [0.2, 0.25) is 5.78 Å². The number of carbonyl (C=O) groups excluding carboxylic acids is 3. The van der Waals surface area contributed by atoms with Gasteiger partial charge in [0.15, 0.2) is 10.3 Å². The predicted molar refractivity (Wildman–Crippen MR) is 140 cm³/mol. The van der Waals surface area contributed by atoms with Gasteiger partial charge < -0.3 is 9.47 Å². The first-order valence-corrected chi connectivity index (χ1v) is 12.7. The zero-order valence-corrected chi connectivity index (χ0v) is 21.1. The lowest BCUT2D eigenvalue weighted by atomic mass is 10.1. The van der Waals surface area contributed by atoms with Crippen LogP contribution < -0.4 is 10.6 Å². The van der Waals surface area contributed by atoms with Crippen molar-refractivity contribution >= 4 is 50.9 Å². The molecule has 0 saturated carbocycles. The molecule has 0 aliphatic rings. The first-order chi connectivity index (χ1) is 17.5. The summed E-state index contributed by atoms with van der Waals surface area (Å²) in [4.78, 5) is 47.6. The summed E-state index contributed by atoms with van der Waals surface area (Å²) in [6.07, 6.45) is -1.32. The summed E-state index contributed by atoms with van der Waals surface area (Å²) in [5.41, 5.74) is 2.27. The highest BCUT2D eigenvalue weighted by Crippen LogP contribution is 2.38. The van der Waals surface area contributed by atoms with Crippen LogP contribution in [-0.2, 0) is 9.47 Å². The highest BCUT2D eigenvalue weighted by atomic mass is 32.1. The maximum Gasteiger partial charge on any atom is 0.413 e. The minimum Gasteiger partial charge on any atom is -0.450 e. The number of ether oxygens (including phenoxy) is 2. The lowest BCUT2D eigenvalue weighted by molar-refractivity contribution is 0.104. The number of thiazole rings is 2. The van der Waals surface area contributed by atoms with Gasteiger partial charge in [0.1, 0.15) is 9.75 Å². The Morgan fingerprint density at radius 1 is 0.694 bits per heavy atom. The van der Waals surface area contributed by atoms with Gasteiger partial charge in [0, 0.05) is 11.1 Å². The molecule has 2 N–H and O–H groups in total. The molecule has 184 valence electrons. The second kappa shape index (κ2) is 11.6. The predicted octanol–water partition coefficient (Wildman–Crippen LogP) is 6.30. The monoisotopic (exact) mass is 522 g/mol. The molecule has 36 heavy (non-hydrogen) atoms. The molecule has 0 aliphatic carbocycles. The summed E-state index contributed by atoms with van der Waals surface area (Å²) in [5, 5.41) is 5.62. The third-order valence-corrected chi connectivity index (χ3v) is 6.67. The van der Waals surface area contributed by atoms with Crippen molar-refractivity contribution in [1.82, 2.24) is 9.97 Å². The van der Waals surface area contributed by atoms with E-state index in [1.165, 1.54) is 0 Å². The number of hydrogen-bond acceptors (Lipinski definition) is 9. The molecule has 0 atom stereocenters. The minimum atomic E-state index is -0.659. The molecule has 11 heteroatoms. The molecular formula is C25H22N4O5S2. The SMILES string of the molecule is CCOC(=O)Nc1nc(-c2ccccc2)c(C(=O)c2sc(NC(=O)OCC)nc2-c2ccccc2)s1. The molecule has 9 nitrogen and oxygen atoms in total. The van der Waals surface area contributed by atoms with E-state index in [4.69, 9.17) is 9.47 Å². The number of ketones is 1. The van der Waals surface area contributed by atoms with Crippen molar-refractivity contribution in [3.05, 3.63) is 70.4 Å². The fourth-order valence-electron chi connectivity index (χ4n) is 3.25. The van der Waals surface area contributed by atoms with E-state index in [1.54, 1.807) is 13.8 Å². The molecule has 0 bridgehead atoms. The number of aromatic nitrogens is 2. The Balaban J connectivity index is 1.79. The second-order valence-electron chi connectivity index (χ2n) is 7.15. The third-order valence-electron chi connectivity index (χ3n) is 4.73. The summed E-state index contributed by atoms with van der Waals surface area (Å²) in [5.74, 6) is -0.337. The van der Waals surface area contributed by atoms with Gasteiger partial charge in [-0.3, -0.25) is 15.4 Å². The Morgan fingerprint density at radius 2 is 1.08 bits per heavy atom. The Hall–Kier alpha value is -4.09. The standard InChI is InChI=1S/C25H22N4O5S2/c1-3-33-24(31)28-22-26-17(15-11-7-5-8-12-15)20(35-22)19(30)21-18(16-13-9-6-10-14-16)27-23(36-21)29-25(32)34-4-2/h5-14H,3-4H2,1-2H3,(H,26,28,31)(H,27,29,32). The quantitative estimate of drug-likeness (QED) is 0.261. The molecular weight excluding hydrogens is 500 g/mol. The summed E-state index contributed by atoms with van der Waals surface area (Å²) in [6.45, 7) is 3.80. The lowest BCUT2D eigenvalue weighted by Gasteiger charge is -2.03. The van der Waals surface area contributed by atoms with Gasteiger partial charge in [-0.15, -0.1) is 0 Å². The summed E-state index contributed by atoms with van der Waals surface area (Å²) >= 11 is 2.08. The van der Waals surface area contributed by atoms with Crippen molar-refractivity contribution in [3.8, 4) is 22.5 Å². The van der Waals surface area contributed by atoms with E-state index in [0.717, 1.165) is 22.7 Å². The fourth-order valence-corrected chi connectivity index (χ4v) is 5.15. The highest BCUT2D eigenvalue weighted by Gasteiger charge is 2.27. The van der Waals surface area contributed by atoms with Crippen LogP contribution in [0.1, 0.15) is 28.4 Å². The second-order valence-corrected chi connectivity index (χ2v) is 9.14. The Labute approximate surface area is 215 Å². The maximum absolute atomic E-state index is 13.9. The van der Waals surface area contributed by atoms with E-state index in [1.807, 2.05) is 60.7 Å². The van der Waals surface area contributed by atoms with Crippen molar-refractivity contribution in [2.45, 2.75) is 13.8 Å². The molecule has 0 aliphatic heterocycles. The fraction of sp³-hybridized carbons (Fsp3) is 0.160. The van der Waals surface area contributed by atoms with Crippen molar-refractivity contribution < 1.29 is 23.9 Å². The van der Waals surface area contributed by atoms with Crippen LogP contribution in [0.4, 0.5) is 19.9 Å². The zero-order valence-electron chi connectivity index (χ0n) is 19.4. The molecule has 0 fully saturated rings. The van der Waals surface area contributed by atoms with Crippen LogP contribution >= 0.6 is 22.7 Å². The number of anilines is 2. The first-order valence-electron chi connectivity index (χ1n) is 11.0.